The molecule has 1 amide bonds. The van der Waals surface area contributed by atoms with Crippen LogP contribution in [0.15, 0.2) is 41.2 Å². The van der Waals surface area contributed by atoms with E-state index in [2.05, 4.69) is 29.0 Å². The molecule has 2 aromatic rings. The maximum absolute atomic E-state index is 12.7. The Hall–Kier alpha value is -2.57. The van der Waals surface area contributed by atoms with Crippen molar-refractivity contribution in [1.29, 1.82) is 0 Å². The van der Waals surface area contributed by atoms with E-state index in [1.54, 1.807) is 0 Å². The summed E-state index contributed by atoms with van der Waals surface area (Å²) in [4.78, 5) is 30.0. The number of benzene rings is 1. The third-order valence-corrected chi connectivity index (χ3v) is 7.20. The van der Waals surface area contributed by atoms with Gasteiger partial charge in [-0.15, -0.1) is 0 Å². The van der Waals surface area contributed by atoms with E-state index in [0.29, 0.717) is 29.7 Å². The van der Waals surface area contributed by atoms with Crippen LogP contribution in [0.4, 0.5) is 0 Å². The van der Waals surface area contributed by atoms with Crippen molar-refractivity contribution >= 4 is 23.1 Å². The molecule has 4 rings (SSSR count). The second-order valence-electron chi connectivity index (χ2n) is 9.45. The summed E-state index contributed by atoms with van der Waals surface area (Å²) in [5, 5.41) is 3.52. The molecule has 2 heterocycles. The molecule has 1 aromatic heterocycles. The standard InChI is InChI=1S/C28H36ClN3O3/c1-3-32(4-2)15-5-6-16-35-26-13-9-20(17-24(26)29)23(18-21-10-14-27(33)30-21)25-12-11-22(19-7-8-19)28(34)31-25/h9,11-13,17-19,21H,3-8,10,14-16H2,1-2H3,(H,30,33)(H,31,34)/b23-18-/t21-/m1/s1. The molecule has 1 atom stereocenters. The Bertz CT molecular complexity index is 1120. The Morgan fingerprint density at radius 3 is 2.54 bits per heavy atom. The summed E-state index contributed by atoms with van der Waals surface area (Å²) in [6.45, 7) is 8.20. The lowest BCUT2D eigenvalue weighted by Gasteiger charge is -2.17. The van der Waals surface area contributed by atoms with E-state index >= 15 is 0 Å². The molecule has 0 radical (unpaired) electrons. The van der Waals surface area contributed by atoms with Crippen LogP contribution in [0.5, 0.6) is 5.75 Å². The van der Waals surface area contributed by atoms with Crippen LogP contribution in [0.2, 0.25) is 5.02 Å². The first kappa shape index (κ1) is 25.5. The lowest BCUT2D eigenvalue weighted by molar-refractivity contribution is -0.119. The number of carbonyl (C=O) groups excluding carboxylic acids is 1. The van der Waals surface area contributed by atoms with Gasteiger partial charge in [0.25, 0.3) is 5.56 Å². The topological polar surface area (TPSA) is 74.4 Å². The van der Waals surface area contributed by atoms with Crippen molar-refractivity contribution in [1.82, 2.24) is 15.2 Å². The van der Waals surface area contributed by atoms with E-state index in [0.717, 1.165) is 74.1 Å². The number of nitrogens with one attached hydrogen (secondary N) is 2. The molecule has 1 aromatic carbocycles. The van der Waals surface area contributed by atoms with Crippen molar-refractivity contribution in [3.8, 4) is 5.75 Å². The number of rotatable bonds is 12. The van der Waals surface area contributed by atoms with Crippen molar-refractivity contribution < 1.29 is 9.53 Å². The van der Waals surface area contributed by atoms with Gasteiger partial charge in [-0.25, -0.2) is 0 Å². The number of nitrogens with zero attached hydrogens (tertiary/aromatic N) is 1. The summed E-state index contributed by atoms with van der Waals surface area (Å²) in [7, 11) is 0. The molecule has 188 valence electrons. The third-order valence-electron chi connectivity index (χ3n) is 6.91. The molecular formula is C28H36ClN3O3. The number of aromatic amines is 1. The zero-order chi connectivity index (χ0) is 24.8. The van der Waals surface area contributed by atoms with Crippen molar-refractivity contribution in [2.75, 3.05) is 26.2 Å². The van der Waals surface area contributed by atoms with Gasteiger partial charge in [-0.3, -0.25) is 9.59 Å². The van der Waals surface area contributed by atoms with E-state index in [4.69, 9.17) is 16.3 Å². The van der Waals surface area contributed by atoms with Crippen LogP contribution in [0, 0.1) is 0 Å². The minimum Gasteiger partial charge on any atom is -0.492 e. The fourth-order valence-corrected chi connectivity index (χ4v) is 4.84. The molecule has 2 N–H and O–H groups in total. The Morgan fingerprint density at radius 2 is 1.91 bits per heavy atom. The zero-order valence-corrected chi connectivity index (χ0v) is 21.5. The molecule has 1 saturated carbocycles. The Morgan fingerprint density at radius 1 is 1.11 bits per heavy atom. The van der Waals surface area contributed by atoms with E-state index < -0.39 is 0 Å². The normalized spacial score (nSPS) is 18.2. The summed E-state index contributed by atoms with van der Waals surface area (Å²) in [5.74, 6) is 1.09. The second-order valence-corrected chi connectivity index (χ2v) is 9.86. The third kappa shape index (κ3) is 6.77. The minimum absolute atomic E-state index is 0.0397. The van der Waals surface area contributed by atoms with Crippen LogP contribution >= 0.6 is 11.6 Å². The van der Waals surface area contributed by atoms with Crippen LogP contribution in [-0.2, 0) is 4.79 Å². The largest absolute Gasteiger partial charge is 0.492 e. The maximum atomic E-state index is 12.7. The van der Waals surface area contributed by atoms with Gasteiger partial charge in [0, 0.05) is 29.3 Å². The number of carbonyl (C=O) groups is 1. The maximum Gasteiger partial charge on any atom is 0.251 e. The van der Waals surface area contributed by atoms with Gasteiger partial charge >= 0.3 is 0 Å². The van der Waals surface area contributed by atoms with Gasteiger partial charge in [0.2, 0.25) is 5.91 Å². The summed E-state index contributed by atoms with van der Waals surface area (Å²) >= 11 is 6.61. The number of hydrogen-bond donors (Lipinski definition) is 2. The number of pyridine rings is 1. The van der Waals surface area contributed by atoms with E-state index in [1.165, 1.54) is 0 Å². The average Bonchev–Trinajstić information content (AvgIpc) is 3.61. The number of ether oxygens (including phenoxy) is 1. The first-order valence-corrected chi connectivity index (χ1v) is 13.3. The number of H-pyrrole nitrogens is 1. The van der Waals surface area contributed by atoms with Gasteiger partial charge in [0.15, 0.2) is 0 Å². The molecule has 1 saturated heterocycles. The number of amides is 1. The van der Waals surface area contributed by atoms with Gasteiger partial charge < -0.3 is 19.9 Å². The van der Waals surface area contributed by atoms with E-state index in [9.17, 15) is 9.59 Å². The molecule has 7 heteroatoms. The minimum atomic E-state index is -0.0791. The number of unbranched alkanes of at least 4 members (excludes halogenated alkanes) is 1. The quantitative estimate of drug-likeness (QED) is 0.399. The molecule has 1 aliphatic carbocycles. The highest BCUT2D eigenvalue weighted by molar-refractivity contribution is 6.32. The smallest absolute Gasteiger partial charge is 0.251 e. The van der Waals surface area contributed by atoms with Crippen molar-refractivity contribution in [2.24, 2.45) is 0 Å². The Labute approximate surface area is 212 Å². The van der Waals surface area contributed by atoms with Crippen molar-refractivity contribution in [3.05, 3.63) is 68.6 Å². The van der Waals surface area contributed by atoms with Crippen LogP contribution in [-0.4, -0.2) is 48.1 Å². The van der Waals surface area contributed by atoms with Gasteiger partial charge in [0.05, 0.1) is 11.6 Å². The van der Waals surface area contributed by atoms with Crippen molar-refractivity contribution in [2.45, 2.75) is 64.3 Å². The molecule has 2 aliphatic rings. The van der Waals surface area contributed by atoms with Gasteiger partial charge in [-0.2, -0.15) is 0 Å². The molecule has 0 spiro atoms. The van der Waals surface area contributed by atoms with E-state index in [1.807, 2.05) is 36.4 Å². The zero-order valence-electron chi connectivity index (χ0n) is 20.7. The predicted molar refractivity (Wildman–Crippen MR) is 141 cm³/mol. The molecule has 35 heavy (non-hydrogen) atoms. The highest BCUT2D eigenvalue weighted by Gasteiger charge is 2.27. The fourth-order valence-electron chi connectivity index (χ4n) is 4.61. The molecule has 0 unspecified atom stereocenters. The highest BCUT2D eigenvalue weighted by Crippen LogP contribution is 2.38. The van der Waals surface area contributed by atoms with Crippen LogP contribution in [0.1, 0.15) is 75.1 Å². The Kier molecular flexibility index (Phi) is 8.69. The lowest BCUT2D eigenvalue weighted by Crippen LogP contribution is -2.24. The van der Waals surface area contributed by atoms with Crippen LogP contribution in [0.3, 0.4) is 0 Å². The predicted octanol–water partition coefficient (Wildman–Crippen LogP) is 5.12. The van der Waals surface area contributed by atoms with Crippen LogP contribution < -0.4 is 15.6 Å². The van der Waals surface area contributed by atoms with Gasteiger partial charge in [-0.1, -0.05) is 43.7 Å². The summed E-state index contributed by atoms with van der Waals surface area (Å²) in [5.41, 5.74) is 3.26. The van der Waals surface area contributed by atoms with Gasteiger partial charge in [-0.05, 0) is 81.4 Å². The van der Waals surface area contributed by atoms with Crippen LogP contribution in [0.25, 0.3) is 5.57 Å². The molecule has 1 aliphatic heterocycles. The summed E-state index contributed by atoms with van der Waals surface area (Å²) < 4.78 is 5.96. The number of halogens is 1. The first-order valence-electron chi connectivity index (χ1n) is 12.9. The summed E-state index contributed by atoms with van der Waals surface area (Å²) in [6, 6.07) is 9.55. The monoisotopic (exact) mass is 497 g/mol. The lowest BCUT2D eigenvalue weighted by atomic mass is 9.98. The molecular weight excluding hydrogens is 462 g/mol. The first-order chi connectivity index (χ1) is 17.0. The second kappa shape index (κ2) is 11.9. The number of hydrogen-bond acceptors (Lipinski definition) is 4. The average molecular weight is 498 g/mol. The highest BCUT2D eigenvalue weighted by atomic mass is 35.5. The molecule has 6 nitrogen and oxygen atoms in total. The Balaban J connectivity index is 1.50. The fraction of sp³-hybridized carbons (Fsp3) is 0.500. The van der Waals surface area contributed by atoms with E-state index in [-0.39, 0.29) is 17.5 Å². The SMILES string of the molecule is CCN(CC)CCCCOc1ccc(/C(=C/[C@H]2CCC(=O)N2)c2ccc(C3CC3)c(=O)[nH]2)cc1Cl. The van der Waals surface area contributed by atoms with Crippen molar-refractivity contribution in [3.63, 3.8) is 0 Å². The molecule has 2 fully saturated rings. The summed E-state index contributed by atoms with van der Waals surface area (Å²) in [6.07, 6.45) is 7.46. The molecule has 0 bridgehead atoms. The number of aromatic nitrogens is 1. The van der Waals surface area contributed by atoms with Gasteiger partial charge in [0.1, 0.15) is 5.75 Å².